The van der Waals surface area contributed by atoms with Crippen LogP contribution in [-0.4, -0.2) is 16.7 Å². The molecule has 0 radical (unpaired) electrons. The van der Waals surface area contributed by atoms with Crippen molar-refractivity contribution >= 4 is 22.5 Å². The van der Waals surface area contributed by atoms with Crippen molar-refractivity contribution in [3.8, 4) is 11.4 Å². The van der Waals surface area contributed by atoms with Crippen LogP contribution in [0.25, 0.3) is 16.6 Å². The maximum atomic E-state index is 13.1. The number of hydrogen-bond donors (Lipinski definition) is 1. The van der Waals surface area contributed by atoms with Gasteiger partial charge in [-0.15, -0.1) is 0 Å². The highest BCUT2D eigenvalue weighted by Crippen LogP contribution is 2.25. The van der Waals surface area contributed by atoms with Crippen LogP contribution in [0.5, 0.6) is 5.75 Å². The average Bonchev–Trinajstić information content (AvgIpc) is 2.55. The van der Waals surface area contributed by atoms with Crippen LogP contribution in [0, 0.1) is 6.92 Å². The van der Waals surface area contributed by atoms with E-state index >= 15 is 0 Å². The van der Waals surface area contributed by atoms with Crippen LogP contribution >= 0.6 is 11.6 Å². The molecule has 5 nitrogen and oxygen atoms in total. The second-order valence-corrected chi connectivity index (χ2v) is 6.09. The average molecular weight is 344 g/mol. The van der Waals surface area contributed by atoms with Gasteiger partial charge in [-0.2, -0.15) is 0 Å². The van der Waals surface area contributed by atoms with Gasteiger partial charge in [0.1, 0.15) is 11.6 Å². The molecule has 24 heavy (non-hydrogen) atoms. The molecule has 0 bridgehead atoms. The molecule has 2 aromatic carbocycles. The molecule has 124 valence electrons. The molecule has 0 aliphatic carbocycles. The monoisotopic (exact) mass is 343 g/mol. The Morgan fingerprint density at radius 3 is 2.71 bits per heavy atom. The molecule has 1 unspecified atom stereocenters. The van der Waals surface area contributed by atoms with Gasteiger partial charge in [-0.1, -0.05) is 23.7 Å². The summed E-state index contributed by atoms with van der Waals surface area (Å²) in [5.74, 6) is 1.16. The molecule has 1 heterocycles. The first-order chi connectivity index (χ1) is 11.4. The van der Waals surface area contributed by atoms with Gasteiger partial charge in [-0.25, -0.2) is 4.98 Å². The quantitative estimate of drug-likeness (QED) is 0.791. The zero-order valence-corrected chi connectivity index (χ0v) is 14.5. The number of nitrogens with two attached hydrogens (primary N) is 1. The SMILES string of the molecule is COc1cc(-n2c(C(C)N)nc3cccc(Cl)c3c2=O)ccc1C. The fourth-order valence-electron chi connectivity index (χ4n) is 2.71. The fraction of sp³-hybridized carbons (Fsp3) is 0.222. The van der Waals surface area contributed by atoms with Crippen LogP contribution in [0.4, 0.5) is 0 Å². The van der Waals surface area contributed by atoms with Gasteiger partial charge in [0.15, 0.2) is 0 Å². The van der Waals surface area contributed by atoms with Gasteiger partial charge >= 0.3 is 0 Å². The Kier molecular flexibility index (Phi) is 4.30. The lowest BCUT2D eigenvalue weighted by molar-refractivity contribution is 0.411. The van der Waals surface area contributed by atoms with Crippen molar-refractivity contribution in [1.82, 2.24) is 9.55 Å². The van der Waals surface area contributed by atoms with E-state index in [0.29, 0.717) is 33.2 Å². The van der Waals surface area contributed by atoms with Crippen LogP contribution in [0.15, 0.2) is 41.2 Å². The van der Waals surface area contributed by atoms with E-state index in [1.165, 1.54) is 4.57 Å². The smallest absolute Gasteiger partial charge is 0.267 e. The van der Waals surface area contributed by atoms with Gasteiger partial charge in [-0.3, -0.25) is 9.36 Å². The first-order valence-corrected chi connectivity index (χ1v) is 7.93. The second kappa shape index (κ2) is 6.26. The van der Waals surface area contributed by atoms with Crippen molar-refractivity contribution in [3.63, 3.8) is 0 Å². The van der Waals surface area contributed by atoms with Gasteiger partial charge in [0.25, 0.3) is 5.56 Å². The minimum absolute atomic E-state index is 0.246. The van der Waals surface area contributed by atoms with E-state index in [1.807, 2.05) is 19.1 Å². The van der Waals surface area contributed by atoms with E-state index in [1.54, 1.807) is 38.3 Å². The molecule has 3 aromatic rings. The van der Waals surface area contributed by atoms with Crippen molar-refractivity contribution in [2.24, 2.45) is 5.73 Å². The van der Waals surface area contributed by atoms with Gasteiger partial charge in [0.05, 0.1) is 34.8 Å². The third-order valence-electron chi connectivity index (χ3n) is 3.93. The molecule has 2 N–H and O–H groups in total. The van der Waals surface area contributed by atoms with E-state index in [2.05, 4.69) is 4.98 Å². The summed E-state index contributed by atoms with van der Waals surface area (Å²) < 4.78 is 6.87. The van der Waals surface area contributed by atoms with E-state index < -0.39 is 6.04 Å². The number of hydrogen-bond acceptors (Lipinski definition) is 4. The van der Waals surface area contributed by atoms with Crippen LogP contribution in [-0.2, 0) is 0 Å². The summed E-state index contributed by atoms with van der Waals surface area (Å²) in [7, 11) is 1.59. The Bertz CT molecular complexity index is 980. The summed E-state index contributed by atoms with van der Waals surface area (Å²) in [5.41, 5.74) is 7.97. The summed E-state index contributed by atoms with van der Waals surface area (Å²) in [4.78, 5) is 17.7. The third-order valence-corrected chi connectivity index (χ3v) is 4.24. The molecule has 0 saturated heterocycles. The van der Waals surface area contributed by atoms with Crippen LogP contribution < -0.4 is 16.0 Å². The number of fused-ring (bicyclic) bond motifs is 1. The van der Waals surface area contributed by atoms with Gasteiger partial charge in [0.2, 0.25) is 0 Å². The van der Waals surface area contributed by atoms with Crippen molar-refractivity contribution in [2.75, 3.05) is 7.11 Å². The molecule has 0 aliphatic heterocycles. The van der Waals surface area contributed by atoms with Crippen molar-refractivity contribution in [2.45, 2.75) is 19.9 Å². The molecular formula is C18H18ClN3O2. The normalized spacial score (nSPS) is 12.4. The topological polar surface area (TPSA) is 70.1 Å². The molecule has 1 atom stereocenters. The summed E-state index contributed by atoms with van der Waals surface area (Å²) in [5, 5.41) is 0.747. The van der Waals surface area contributed by atoms with E-state index in [-0.39, 0.29) is 5.56 Å². The van der Waals surface area contributed by atoms with Crippen LogP contribution in [0.2, 0.25) is 5.02 Å². The molecule has 0 amide bonds. The van der Waals surface area contributed by atoms with E-state index in [0.717, 1.165) is 5.56 Å². The molecule has 6 heteroatoms. The molecule has 0 aliphatic rings. The van der Waals surface area contributed by atoms with Gasteiger partial charge in [-0.05, 0) is 37.6 Å². The maximum Gasteiger partial charge on any atom is 0.267 e. The molecule has 0 fully saturated rings. The van der Waals surface area contributed by atoms with E-state index in [4.69, 9.17) is 22.1 Å². The number of rotatable bonds is 3. The Balaban J connectivity index is 2.42. The van der Waals surface area contributed by atoms with Gasteiger partial charge < -0.3 is 10.5 Å². The minimum Gasteiger partial charge on any atom is -0.496 e. The highest BCUT2D eigenvalue weighted by molar-refractivity contribution is 6.35. The predicted molar refractivity (Wildman–Crippen MR) is 96.2 cm³/mol. The van der Waals surface area contributed by atoms with Crippen molar-refractivity contribution in [3.05, 3.63) is 63.2 Å². The number of halogens is 1. The number of methoxy groups -OCH3 is 1. The minimum atomic E-state index is -0.423. The Labute approximate surface area is 144 Å². The van der Waals surface area contributed by atoms with Crippen LogP contribution in [0.3, 0.4) is 0 Å². The van der Waals surface area contributed by atoms with Crippen molar-refractivity contribution < 1.29 is 4.74 Å². The number of aromatic nitrogens is 2. The zero-order chi connectivity index (χ0) is 17.4. The third kappa shape index (κ3) is 2.66. The van der Waals surface area contributed by atoms with E-state index in [9.17, 15) is 4.79 Å². The summed E-state index contributed by atoms with van der Waals surface area (Å²) >= 11 is 6.23. The fourth-order valence-corrected chi connectivity index (χ4v) is 2.96. The van der Waals surface area contributed by atoms with Crippen LogP contribution in [0.1, 0.15) is 24.4 Å². The second-order valence-electron chi connectivity index (χ2n) is 5.69. The molecule has 0 spiro atoms. The first-order valence-electron chi connectivity index (χ1n) is 7.55. The van der Waals surface area contributed by atoms with Crippen molar-refractivity contribution in [1.29, 1.82) is 0 Å². The summed E-state index contributed by atoms with van der Waals surface area (Å²) in [6.07, 6.45) is 0. The number of nitrogens with zero attached hydrogens (tertiary/aromatic N) is 2. The predicted octanol–water partition coefficient (Wildman–Crippen LogP) is 3.38. The highest BCUT2D eigenvalue weighted by Gasteiger charge is 2.17. The highest BCUT2D eigenvalue weighted by atomic mass is 35.5. The molecule has 3 rings (SSSR count). The van der Waals surface area contributed by atoms with Gasteiger partial charge in [0, 0.05) is 6.07 Å². The Morgan fingerprint density at radius 2 is 2.04 bits per heavy atom. The first kappa shape index (κ1) is 16.5. The maximum absolute atomic E-state index is 13.1. The molecule has 0 saturated carbocycles. The Hall–Kier alpha value is -2.37. The lowest BCUT2D eigenvalue weighted by Gasteiger charge is -2.17. The zero-order valence-electron chi connectivity index (χ0n) is 13.7. The number of aryl methyl sites for hydroxylation is 1. The Morgan fingerprint density at radius 1 is 1.29 bits per heavy atom. The lowest BCUT2D eigenvalue weighted by atomic mass is 10.1. The molecular weight excluding hydrogens is 326 g/mol. The number of benzene rings is 2. The summed E-state index contributed by atoms with van der Waals surface area (Å²) in [6, 6.07) is 10.3. The lowest BCUT2D eigenvalue weighted by Crippen LogP contribution is -2.27. The summed E-state index contributed by atoms with van der Waals surface area (Å²) in [6.45, 7) is 3.73. The molecule has 1 aromatic heterocycles. The number of ether oxygens (including phenoxy) is 1. The largest absolute Gasteiger partial charge is 0.496 e. The standard InChI is InChI=1S/C18H18ClN3O2/c1-10-7-8-12(9-15(10)24-3)22-17(11(2)20)21-14-6-4-5-13(19)16(14)18(22)23/h4-9,11H,20H2,1-3H3.